The van der Waals surface area contributed by atoms with Gasteiger partial charge in [-0.2, -0.15) is 4.98 Å². The standard InChI is InChI=1S/C11H17N3O2/c1-4-9(12-5-1)11-13-10(14-16-11)8-3-2-6-15-7-8/h8-9,12H,1-7H2/t8?,9-/m1/s1. The minimum atomic E-state index is 0.269. The first kappa shape index (κ1) is 10.2. The Morgan fingerprint density at radius 1 is 1.25 bits per heavy atom. The summed E-state index contributed by atoms with van der Waals surface area (Å²) in [5, 5.41) is 7.44. The summed E-state index contributed by atoms with van der Waals surface area (Å²) in [6, 6.07) is 0.269. The van der Waals surface area contributed by atoms with Crippen molar-refractivity contribution in [3.8, 4) is 0 Å². The molecule has 1 aromatic rings. The second kappa shape index (κ2) is 4.51. The van der Waals surface area contributed by atoms with Crippen molar-refractivity contribution < 1.29 is 9.26 Å². The molecule has 0 spiro atoms. The van der Waals surface area contributed by atoms with Crippen LogP contribution in [-0.4, -0.2) is 29.9 Å². The Bertz CT molecular complexity index is 341. The van der Waals surface area contributed by atoms with Crippen LogP contribution in [0.15, 0.2) is 4.52 Å². The van der Waals surface area contributed by atoms with Crippen LogP contribution in [0.4, 0.5) is 0 Å². The third kappa shape index (κ3) is 1.97. The van der Waals surface area contributed by atoms with Gasteiger partial charge in [0, 0.05) is 12.5 Å². The second-order valence-corrected chi connectivity index (χ2v) is 4.55. The molecule has 2 aliphatic rings. The van der Waals surface area contributed by atoms with E-state index in [0.717, 1.165) is 50.7 Å². The van der Waals surface area contributed by atoms with Gasteiger partial charge < -0.3 is 14.6 Å². The fourth-order valence-electron chi connectivity index (χ4n) is 2.39. The van der Waals surface area contributed by atoms with E-state index >= 15 is 0 Å². The molecule has 0 radical (unpaired) electrons. The van der Waals surface area contributed by atoms with Crippen molar-refractivity contribution in [3.63, 3.8) is 0 Å². The molecule has 1 N–H and O–H groups in total. The summed E-state index contributed by atoms with van der Waals surface area (Å²) in [5.41, 5.74) is 0. The van der Waals surface area contributed by atoms with Crippen molar-refractivity contribution in [1.82, 2.24) is 15.5 Å². The molecule has 0 saturated carbocycles. The monoisotopic (exact) mass is 223 g/mol. The maximum Gasteiger partial charge on any atom is 0.243 e. The van der Waals surface area contributed by atoms with Crippen LogP contribution in [0.1, 0.15) is 49.4 Å². The molecule has 5 heteroatoms. The molecular formula is C11H17N3O2. The predicted molar refractivity (Wildman–Crippen MR) is 57.1 cm³/mol. The van der Waals surface area contributed by atoms with Crippen LogP contribution in [-0.2, 0) is 4.74 Å². The van der Waals surface area contributed by atoms with E-state index in [1.54, 1.807) is 0 Å². The lowest BCUT2D eigenvalue weighted by Gasteiger charge is -2.18. The van der Waals surface area contributed by atoms with E-state index in [4.69, 9.17) is 9.26 Å². The zero-order valence-corrected chi connectivity index (χ0v) is 9.32. The van der Waals surface area contributed by atoms with E-state index in [0.29, 0.717) is 5.92 Å². The molecule has 0 aromatic carbocycles. The van der Waals surface area contributed by atoms with Gasteiger partial charge in [0.2, 0.25) is 5.89 Å². The number of nitrogens with one attached hydrogen (secondary N) is 1. The molecule has 2 saturated heterocycles. The van der Waals surface area contributed by atoms with Crippen LogP contribution < -0.4 is 5.32 Å². The smallest absolute Gasteiger partial charge is 0.243 e. The lowest BCUT2D eigenvalue weighted by molar-refractivity contribution is 0.0773. The van der Waals surface area contributed by atoms with Crippen LogP contribution in [0.2, 0.25) is 0 Å². The van der Waals surface area contributed by atoms with Gasteiger partial charge >= 0.3 is 0 Å². The minimum Gasteiger partial charge on any atom is -0.381 e. The van der Waals surface area contributed by atoms with Crippen LogP contribution >= 0.6 is 0 Å². The summed E-state index contributed by atoms with van der Waals surface area (Å²) in [6.07, 6.45) is 4.49. The number of aromatic nitrogens is 2. The highest BCUT2D eigenvalue weighted by atomic mass is 16.5. The highest BCUT2D eigenvalue weighted by Gasteiger charge is 2.26. The van der Waals surface area contributed by atoms with Crippen molar-refractivity contribution in [2.75, 3.05) is 19.8 Å². The molecule has 2 fully saturated rings. The molecule has 2 atom stereocenters. The van der Waals surface area contributed by atoms with Crippen LogP contribution in [0.3, 0.4) is 0 Å². The molecule has 0 amide bonds. The zero-order chi connectivity index (χ0) is 10.8. The molecular weight excluding hydrogens is 206 g/mol. The van der Waals surface area contributed by atoms with Crippen LogP contribution in [0, 0.1) is 0 Å². The summed E-state index contributed by atoms with van der Waals surface area (Å²) >= 11 is 0. The Balaban J connectivity index is 1.71. The maximum atomic E-state index is 5.43. The van der Waals surface area contributed by atoms with Gasteiger partial charge in [-0.1, -0.05) is 5.16 Å². The molecule has 3 rings (SSSR count). The Hall–Kier alpha value is -0.940. The molecule has 0 bridgehead atoms. The number of hydrogen-bond acceptors (Lipinski definition) is 5. The van der Waals surface area contributed by atoms with Gasteiger partial charge in [-0.05, 0) is 32.2 Å². The van der Waals surface area contributed by atoms with Gasteiger partial charge in [0.25, 0.3) is 0 Å². The largest absolute Gasteiger partial charge is 0.381 e. The zero-order valence-electron chi connectivity index (χ0n) is 9.32. The topological polar surface area (TPSA) is 60.2 Å². The Morgan fingerprint density at radius 2 is 2.25 bits per heavy atom. The van der Waals surface area contributed by atoms with E-state index in [2.05, 4.69) is 15.5 Å². The van der Waals surface area contributed by atoms with Crippen LogP contribution in [0.5, 0.6) is 0 Å². The van der Waals surface area contributed by atoms with Gasteiger partial charge in [-0.3, -0.25) is 0 Å². The average molecular weight is 223 g/mol. The Labute approximate surface area is 94.6 Å². The SMILES string of the molecule is C1COCC(c2noc([C@H]3CCCN3)n2)C1. The Kier molecular flexibility index (Phi) is 2.88. The van der Waals surface area contributed by atoms with E-state index in [-0.39, 0.29) is 6.04 Å². The van der Waals surface area contributed by atoms with Gasteiger partial charge in [-0.15, -0.1) is 0 Å². The molecule has 16 heavy (non-hydrogen) atoms. The second-order valence-electron chi connectivity index (χ2n) is 4.55. The van der Waals surface area contributed by atoms with Crippen LogP contribution in [0.25, 0.3) is 0 Å². The van der Waals surface area contributed by atoms with E-state index < -0.39 is 0 Å². The van der Waals surface area contributed by atoms with E-state index in [9.17, 15) is 0 Å². The number of ether oxygens (including phenoxy) is 1. The summed E-state index contributed by atoms with van der Waals surface area (Å²) in [5.74, 6) is 1.90. The van der Waals surface area contributed by atoms with Crippen molar-refractivity contribution >= 4 is 0 Å². The van der Waals surface area contributed by atoms with Crippen molar-refractivity contribution in [2.24, 2.45) is 0 Å². The van der Waals surface area contributed by atoms with E-state index in [1.807, 2.05) is 0 Å². The quantitative estimate of drug-likeness (QED) is 0.821. The summed E-state index contributed by atoms with van der Waals surface area (Å²) in [7, 11) is 0. The lowest BCUT2D eigenvalue weighted by Crippen LogP contribution is -2.17. The molecule has 3 heterocycles. The first-order chi connectivity index (χ1) is 7.93. The first-order valence-corrected chi connectivity index (χ1v) is 6.08. The molecule has 5 nitrogen and oxygen atoms in total. The minimum absolute atomic E-state index is 0.269. The molecule has 1 unspecified atom stereocenters. The summed E-state index contributed by atoms with van der Waals surface area (Å²) < 4.78 is 10.8. The molecule has 1 aromatic heterocycles. The fraction of sp³-hybridized carbons (Fsp3) is 0.818. The predicted octanol–water partition coefficient (Wildman–Crippen LogP) is 1.39. The number of nitrogens with zero attached hydrogens (tertiary/aromatic N) is 2. The third-order valence-corrected chi connectivity index (χ3v) is 3.34. The molecule has 0 aliphatic carbocycles. The molecule has 2 aliphatic heterocycles. The average Bonchev–Trinajstić information content (AvgIpc) is 3.01. The summed E-state index contributed by atoms with van der Waals surface area (Å²) in [6.45, 7) is 2.65. The van der Waals surface area contributed by atoms with Gasteiger partial charge in [0.05, 0.1) is 12.6 Å². The summed E-state index contributed by atoms with van der Waals surface area (Å²) in [4.78, 5) is 4.50. The number of hydrogen-bond donors (Lipinski definition) is 1. The van der Waals surface area contributed by atoms with Crippen molar-refractivity contribution in [3.05, 3.63) is 11.7 Å². The molecule has 88 valence electrons. The first-order valence-electron chi connectivity index (χ1n) is 6.08. The van der Waals surface area contributed by atoms with E-state index in [1.165, 1.54) is 6.42 Å². The van der Waals surface area contributed by atoms with Gasteiger partial charge in [-0.25, -0.2) is 0 Å². The highest BCUT2D eigenvalue weighted by Crippen LogP contribution is 2.26. The Morgan fingerprint density at radius 3 is 3.00 bits per heavy atom. The van der Waals surface area contributed by atoms with Gasteiger partial charge in [0.1, 0.15) is 0 Å². The highest BCUT2D eigenvalue weighted by molar-refractivity contribution is 5.00. The third-order valence-electron chi connectivity index (χ3n) is 3.34. The van der Waals surface area contributed by atoms with Crippen molar-refractivity contribution in [1.29, 1.82) is 0 Å². The maximum absolute atomic E-state index is 5.43. The van der Waals surface area contributed by atoms with Gasteiger partial charge in [0.15, 0.2) is 5.82 Å². The lowest BCUT2D eigenvalue weighted by atomic mass is 10.0. The normalized spacial score (nSPS) is 30.8. The number of rotatable bonds is 2. The van der Waals surface area contributed by atoms with Crippen molar-refractivity contribution in [2.45, 2.75) is 37.6 Å². The fourth-order valence-corrected chi connectivity index (χ4v) is 2.39.